The van der Waals surface area contributed by atoms with Crippen LogP contribution in [0.1, 0.15) is 27.6 Å². The van der Waals surface area contributed by atoms with Gasteiger partial charge < -0.3 is 20.1 Å². The first kappa shape index (κ1) is 23.4. The quantitative estimate of drug-likeness (QED) is 0.492. The molecule has 9 heteroatoms. The Morgan fingerprint density at radius 2 is 1.36 bits per heavy atom. The Labute approximate surface area is 188 Å². The second-order valence-electron chi connectivity index (χ2n) is 6.77. The molecule has 0 saturated heterocycles. The lowest BCUT2D eigenvalue weighted by atomic mass is 10.2. The zero-order chi connectivity index (χ0) is 23.8. The lowest BCUT2D eigenvalue weighted by molar-refractivity contribution is -0.119. The molecule has 0 aliphatic rings. The lowest BCUT2D eigenvalue weighted by Crippen LogP contribution is -2.21. The average Bonchev–Trinajstić information content (AvgIpc) is 2.79. The number of anilines is 2. The van der Waals surface area contributed by atoms with Crippen LogP contribution < -0.4 is 15.4 Å². The minimum Gasteiger partial charge on any atom is -0.494 e. The molecule has 2 N–H and O–H groups in total. The van der Waals surface area contributed by atoms with Gasteiger partial charge in [-0.05, 0) is 67.6 Å². The summed E-state index contributed by atoms with van der Waals surface area (Å²) >= 11 is 0. The zero-order valence-corrected chi connectivity index (χ0v) is 17.6. The number of hydrogen-bond acceptors (Lipinski definition) is 5. The largest absolute Gasteiger partial charge is 0.494 e. The number of ether oxygens (including phenoxy) is 2. The van der Waals surface area contributed by atoms with E-state index in [2.05, 4.69) is 10.6 Å². The lowest BCUT2D eigenvalue weighted by Gasteiger charge is -2.09. The summed E-state index contributed by atoms with van der Waals surface area (Å²) in [5.41, 5.74) is 0.982. The fourth-order valence-corrected chi connectivity index (χ4v) is 2.79. The van der Waals surface area contributed by atoms with E-state index in [1.807, 2.05) is 6.92 Å². The number of halogens is 2. The molecule has 3 rings (SSSR count). The van der Waals surface area contributed by atoms with Gasteiger partial charge in [0.25, 0.3) is 11.8 Å². The Morgan fingerprint density at radius 3 is 1.97 bits per heavy atom. The Balaban J connectivity index is 1.50. The molecule has 3 aromatic carbocycles. The molecular weight excluding hydrogens is 434 g/mol. The van der Waals surface area contributed by atoms with Crippen molar-refractivity contribution in [3.63, 3.8) is 0 Å². The number of amides is 2. The van der Waals surface area contributed by atoms with Crippen LogP contribution in [0.15, 0.2) is 66.7 Å². The minimum absolute atomic E-state index is 0.340. The Hall–Kier alpha value is -4.27. The normalized spacial score (nSPS) is 10.3. The van der Waals surface area contributed by atoms with Gasteiger partial charge in [0.1, 0.15) is 17.4 Å². The van der Waals surface area contributed by atoms with Gasteiger partial charge in [0.2, 0.25) is 0 Å². The van der Waals surface area contributed by atoms with Crippen molar-refractivity contribution in [2.75, 3.05) is 23.8 Å². The van der Waals surface area contributed by atoms with Crippen molar-refractivity contribution < 1.29 is 32.6 Å². The molecular formula is C24H20F2N2O5. The highest BCUT2D eigenvalue weighted by Crippen LogP contribution is 2.17. The van der Waals surface area contributed by atoms with Crippen LogP contribution in [0.25, 0.3) is 0 Å². The highest BCUT2D eigenvalue weighted by molar-refractivity contribution is 6.04. The summed E-state index contributed by atoms with van der Waals surface area (Å²) in [4.78, 5) is 36.2. The van der Waals surface area contributed by atoms with Gasteiger partial charge in [-0.25, -0.2) is 13.6 Å². The maximum atomic E-state index is 13.2. The van der Waals surface area contributed by atoms with E-state index in [1.165, 1.54) is 24.3 Å². The van der Waals surface area contributed by atoms with E-state index in [0.717, 1.165) is 12.1 Å². The summed E-state index contributed by atoms with van der Waals surface area (Å²) in [6.07, 6.45) is 0. The van der Waals surface area contributed by atoms with Crippen molar-refractivity contribution in [1.29, 1.82) is 0 Å². The van der Waals surface area contributed by atoms with Gasteiger partial charge in [0.15, 0.2) is 6.61 Å². The minimum atomic E-state index is -1.04. The van der Waals surface area contributed by atoms with Crippen LogP contribution in [0, 0.1) is 11.6 Å². The molecule has 0 heterocycles. The number of carbonyl (C=O) groups is 3. The van der Waals surface area contributed by atoms with E-state index in [4.69, 9.17) is 9.47 Å². The van der Waals surface area contributed by atoms with Gasteiger partial charge in [0.05, 0.1) is 12.2 Å². The second kappa shape index (κ2) is 10.9. The molecule has 0 saturated carbocycles. The maximum absolute atomic E-state index is 13.2. The smallest absolute Gasteiger partial charge is 0.338 e. The fourth-order valence-electron chi connectivity index (χ4n) is 2.79. The van der Waals surface area contributed by atoms with Crippen LogP contribution in [-0.4, -0.2) is 31.0 Å². The van der Waals surface area contributed by atoms with Gasteiger partial charge in [-0.3, -0.25) is 9.59 Å². The summed E-state index contributed by atoms with van der Waals surface area (Å²) < 4.78 is 36.5. The predicted octanol–water partition coefficient (Wildman–Crippen LogP) is 4.41. The first-order valence-electron chi connectivity index (χ1n) is 9.91. The summed E-state index contributed by atoms with van der Waals surface area (Å²) in [5, 5.41) is 5.25. The number of esters is 1. The molecule has 0 aliphatic carbocycles. The molecule has 170 valence electrons. The third-order valence-corrected chi connectivity index (χ3v) is 4.29. The van der Waals surface area contributed by atoms with Gasteiger partial charge in [-0.15, -0.1) is 0 Å². The molecule has 7 nitrogen and oxygen atoms in total. The number of nitrogens with one attached hydrogen (secondary N) is 2. The number of hydrogen-bond donors (Lipinski definition) is 2. The predicted molar refractivity (Wildman–Crippen MR) is 117 cm³/mol. The van der Waals surface area contributed by atoms with Gasteiger partial charge in [-0.2, -0.15) is 0 Å². The Bertz CT molecular complexity index is 1130. The van der Waals surface area contributed by atoms with Crippen LogP contribution in [0.4, 0.5) is 20.2 Å². The summed E-state index contributed by atoms with van der Waals surface area (Å²) in [5.74, 6) is -3.20. The zero-order valence-electron chi connectivity index (χ0n) is 17.6. The van der Waals surface area contributed by atoms with Crippen LogP contribution >= 0.6 is 0 Å². The van der Waals surface area contributed by atoms with Gasteiger partial charge in [-0.1, -0.05) is 0 Å². The second-order valence-corrected chi connectivity index (χ2v) is 6.77. The highest BCUT2D eigenvalue weighted by atomic mass is 19.1. The molecule has 0 atom stereocenters. The Morgan fingerprint density at radius 1 is 0.788 bits per heavy atom. The summed E-state index contributed by atoms with van der Waals surface area (Å²) in [6.45, 7) is 1.77. The molecule has 0 fully saturated rings. The van der Waals surface area contributed by atoms with Crippen molar-refractivity contribution >= 4 is 29.2 Å². The number of carbonyl (C=O) groups excluding carboxylic acids is 3. The molecule has 0 spiro atoms. The van der Waals surface area contributed by atoms with Gasteiger partial charge in [0, 0.05) is 23.0 Å². The van der Waals surface area contributed by atoms with Crippen molar-refractivity contribution in [2.24, 2.45) is 0 Å². The molecule has 3 aromatic rings. The number of benzene rings is 3. The first-order valence-corrected chi connectivity index (χ1v) is 9.91. The van der Waals surface area contributed by atoms with E-state index in [9.17, 15) is 23.2 Å². The molecule has 0 aromatic heterocycles. The van der Waals surface area contributed by atoms with E-state index in [1.54, 1.807) is 24.3 Å². The molecule has 0 radical (unpaired) electrons. The highest BCUT2D eigenvalue weighted by Gasteiger charge is 2.13. The summed E-state index contributed by atoms with van der Waals surface area (Å²) in [7, 11) is 0. The standard InChI is InChI=1S/C24H20F2N2O5/c1-2-32-21-9-7-20(8-10-21)28-23(30)15-3-5-19(6-4-15)27-22(29)14-33-24(31)16-11-17(25)13-18(26)12-16/h3-13H,2,14H2,1H3,(H,27,29)(H,28,30). The third-order valence-electron chi connectivity index (χ3n) is 4.29. The maximum Gasteiger partial charge on any atom is 0.338 e. The van der Waals surface area contributed by atoms with Crippen LogP contribution in [0.2, 0.25) is 0 Å². The molecule has 33 heavy (non-hydrogen) atoms. The van der Waals surface area contributed by atoms with E-state index < -0.39 is 30.1 Å². The van der Waals surface area contributed by atoms with Crippen molar-refractivity contribution in [3.8, 4) is 5.75 Å². The molecule has 0 bridgehead atoms. The average molecular weight is 454 g/mol. The van der Waals surface area contributed by atoms with Gasteiger partial charge >= 0.3 is 5.97 Å². The third kappa shape index (κ3) is 6.86. The van der Waals surface area contributed by atoms with Crippen LogP contribution in [-0.2, 0) is 9.53 Å². The summed E-state index contributed by atoms with van der Waals surface area (Å²) in [6, 6.07) is 15.2. The topological polar surface area (TPSA) is 93.7 Å². The van der Waals surface area contributed by atoms with Crippen molar-refractivity contribution in [2.45, 2.75) is 6.92 Å². The molecule has 2 amide bonds. The van der Waals surface area contributed by atoms with Crippen molar-refractivity contribution in [3.05, 3.63) is 89.5 Å². The molecule has 0 aliphatic heterocycles. The number of rotatable bonds is 8. The van der Waals surface area contributed by atoms with E-state index >= 15 is 0 Å². The van der Waals surface area contributed by atoms with Crippen molar-refractivity contribution in [1.82, 2.24) is 0 Å². The molecule has 0 unspecified atom stereocenters. The van der Waals surface area contributed by atoms with Crippen LogP contribution in [0.5, 0.6) is 5.75 Å². The fraction of sp³-hybridized carbons (Fsp3) is 0.125. The SMILES string of the molecule is CCOc1ccc(NC(=O)c2ccc(NC(=O)COC(=O)c3cc(F)cc(F)c3)cc2)cc1. The Kier molecular flexibility index (Phi) is 7.69. The monoisotopic (exact) mass is 454 g/mol. The van der Waals surface area contributed by atoms with Crippen LogP contribution in [0.3, 0.4) is 0 Å². The first-order chi connectivity index (χ1) is 15.8. The van der Waals surface area contributed by atoms with E-state index in [-0.39, 0.29) is 11.5 Å². The van der Waals surface area contributed by atoms with E-state index in [0.29, 0.717) is 35.4 Å².